The normalized spacial score (nSPS) is 10.3. The first kappa shape index (κ1) is 15.8. The van der Waals surface area contributed by atoms with E-state index in [1.165, 1.54) is 35.0 Å². The lowest BCUT2D eigenvalue weighted by atomic mass is 10.3. The SMILES string of the molecule is CCCOc1cccn(CC(=O)Nc2ccc(F)cc2)c1=O. The smallest absolute Gasteiger partial charge is 0.293 e. The molecule has 5 nitrogen and oxygen atoms in total. The van der Waals surface area contributed by atoms with Crippen molar-refractivity contribution in [2.75, 3.05) is 11.9 Å². The van der Waals surface area contributed by atoms with Gasteiger partial charge in [0.15, 0.2) is 5.75 Å². The Morgan fingerprint density at radius 1 is 1.27 bits per heavy atom. The molecule has 1 aromatic heterocycles. The van der Waals surface area contributed by atoms with Gasteiger partial charge in [0.1, 0.15) is 12.4 Å². The molecule has 0 aliphatic carbocycles. The number of carbonyl (C=O) groups is 1. The van der Waals surface area contributed by atoms with Crippen LogP contribution in [0.1, 0.15) is 13.3 Å². The van der Waals surface area contributed by atoms with Crippen molar-refractivity contribution in [1.82, 2.24) is 4.57 Å². The molecule has 0 unspecified atom stereocenters. The lowest BCUT2D eigenvalue weighted by molar-refractivity contribution is -0.116. The lowest BCUT2D eigenvalue weighted by Crippen LogP contribution is -2.28. The van der Waals surface area contributed by atoms with Gasteiger partial charge in [0.05, 0.1) is 6.61 Å². The molecule has 2 aromatic rings. The van der Waals surface area contributed by atoms with Gasteiger partial charge in [0.25, 0.3) is 5.56 Å². The number of pyridine rings is 1. The average Bonchev–Trinajstić information content (AvgIpc) is 2.50. The molecular formula is C16H17FN2O3. The second kappa shape index (κ2) is 7.40. The van der Waals surface area contributed by atoms with E-state index in [0.717, 1.165) is 6.42 Å². The standard InChI is InChI=1S/C16H17FN2O3/c1-2-10-22-14-4-3-9-19(16(14)21)11-15(20)18-13-7-5-12(17)6-8-13/h3-9H,2,10-11H2,1H3,(H,18,20). The highest BCUT2D eigenvalue weighted by molar-refractivity contribution is 5.90. The molecule has 0 saturated carbocycles. The summed E-state index contributed by atoms with van der Waals surface area (Å²) in [5, 5.41) is 2.60. The van der Waals surface area contributed by atoms with Gasteiger partial charge in [-0.25, -0.2) is 4.39 Å². The number of benzene rings is 1. The van der Waals surface area contributed by atoms with Gasteiger partial charge >= 0.3 is 0 Å². The Balaban J connectivity index is 2.05. The largest absolute Gasteiger partial charge is 0.488 e. The third-order valence-electron chi connectivity index (χ3n) is 2.89. The number of nitrogens with one attached hydrogen (secondary N) is 1. The number of nitrogens with zero attached hydrogens (tertiary/aromatic N) is 1. The zero-order chi connectivity index (χ0) is 15.9. The zero-order valence-electron chi connectivity index (χ0n) is 12.2. The molecule has 0 saturated heterocycles. The molecule has 0 bridgehead atoms. The summed E-state index contributed by atoms with van der Waals surface area (Å²) in [5.41, 5.74) is 0.114. The minimum absolute atomic E-state index is 0.139. The van der Waals surface area contributed by atoms with Crippen molar-refractivity contribution in [3.05, 3.63) is 58.8 Å². The van der Waals surface area contributed by atoms with E-state index in [4.69, 9.17) is 4.74 Å². The highest BCUT2D eigenvalue weighted by Gasteiger charge is 2.08. The summed E-state index contributed by atoms with van der Waals surface area (Å²) in [5.74, 6) is -0.532. The highest BCUT2D eigenvalue weighted by Crippen LogP contribution is 2.08. The van der Waals surface area contributed by atoms with Crippen LogP contribution in [0, 0.1) is 5.82 Å². The maximum atomic E-state index is 12.8. The molecule has 0 aliphatic rings. The van der Waals surface area contributed by atoms with Gasteiger partial charge in [-0.05, 0) is 42.8 Å². The van der Waals surface area contributed by atoms with Crippen molar-refractivity contribution >= 4 is 11.6 Å². The van der Waals surface area contributed by atoms with Crippen molar-refractivity contribution in [3.8, 4) is 5.75 Å². The molecular weight excluding hydrogens is 287 g/mol. The van der Waals surface area contributed by atoms with Gasteiger partial charge in [-0.3, -0.25) is 9.59 Å². The number of hydrogen-bond acceptors (Lipinski definition) is 3. The van der Waals surface area contributed by atoms with Crippen LogP contribution in [0.15, 0.2) is 47.4 Å². The number of halogens is 1. The van der Waals surface area contributed by atoms with Crippen molar-refractivity contribution < 1.29 is 13.9 Å². The van der Waals surface area contributed by atoms with Gasteiger partial charge in [-0.1, -0.05) is 6.92 Å². The number of anilines is 1. The monoisotopic (exact) mass is 304 g/mol. The molecule has 1 N–H and O–H groups in total. The van der Waals surface area contributed by atoms with Crippen molar-refractivity contribution in [2.45, 2.75) is 19.9 Å². The predicted octanol–water partition coefficient (Wildman–Crippen LogP) is 2.41. The van der Waals surface area contributed by atoms with E-state index in [0.29, 0.717) is 12.3 Å². The van der Waals surface area contributed by atoms with Crippen molar-refractivity contribution in [2.24, 2.45) is 0 Å². The lowest BCUT2D eigenvalue weighted by Gasteiger charge is -2.09. The Kier molecular flexibility index (Phi) is 5.30. The minimum Gasteiger partial charge on any atom is -0.488 e. The van der Waals surface area contributed by atoms with Crippen molar-refractivity contribution in [1.29, 1.82) is 0 Å². The van der Waals surface area contributed by atoms with E-state index in [-0.39, 0.29) is 29.6 Å². The quantitative estimate of drug-likeness (QED) is 0.891. The summed E-state index contributed by atoms with van der Waals surface area (Å²) in [7, 11) is 0. The first-order valence-corrected chi connectivity index (χ1v) is 6.98. The Bertz CT molecular complexity index is 695. The number of amides is 1. The van der Waals surface area contributed by atoms with E-state index in [1.807, 2.05) is 6.92 Å². The second-order valence-corrected chi connectivity index (χ2v) is 4.71. The molecule has 0 fully saturated rings. The summed E-state index contributed by atoms with van der Waals surface area (Å²) >= 11 is 0. The second-order valence-electron chi connectivity index (χ2n) is 4.71. The summed E-state index contributed by atoms with van der Waals surface area (Å²) in [6, 6.07) is 8.64. The van der Waals surface area contributed by atoms with Crippen LogP contribution < -0.4 is 15.6 Å². The Hall–Kier alpha value is -2.63. The van der Waals surface area contributed by atoms with Crippen LogP contribution in [0.2, 0.25) is 0 Å². The Morgan fingerprint density at radius 3 is 2.68 bits per heavy atom. The maximum Gasteiger partial charge on any atom is 0.293 e. The summed E-state index contributed by atoms with van der Waals surface area (Å²) in [6.07, 6.45) is 2.31. The molecule has 0 radical (unpaired) electrons. The molecule has 1 aromatic carbocycles. The molecule has 22 heavy (non-hydrogen) atoms. The van der Waals surface area contributed by atoms with Crippen molar-refractivity contribution in [3.63, 3.8) is 0 Å². The molecule has 1 heterocycles. The van der Waals surface area contributed by atoms with Crippen LogP contribution in [-0.2, 0) is 11.3 Å². The van der Waals surface area contributed by atoms with E-state index in [9.17, 15) is 14.0 Å². The van der Waals surface area contributed by atoms with E-state index < -0.39 is 0 Å². The number of carbonyl (C=O) groups excluding carboxylic acids is 1. The highest BCUT2D eigenvalue weighted by atomic mass is 19.1. The summed E-state index contributed by atoms with van der Waals surface area (Å²) in [6.45, 7) is 2.25. The molecule has 6 heteroatoms. The fourth-order valence-electron chi connectivity index (χ4n) is 1.85. The minimum atomic E-state index is -0.380. The molecule has 116 valence electrons. The molecule has 1 amide bonds. The fraction of sp³-hybridized carbons (Fsp3) is 0.250. The molecule has 0 aliphatic heterocycles. The number of hydrogen-bond donors (Lipinski definition) is 1. The molecule has 2 rings (SSSR count). The van der Waals surface area contributed by atoms with Crippen LogP contribution >= 0.6 is 0 Å². The number of aromatic nitrogens is 1. The van der Waals surface area contributed by atoms with Crippen LogP contribution in [0.5, 0.6) is 5.75 Å². The molecule has 0 atom stereocenters. The van der Waals surface area contributed by atoms with E-state index in [1.54, 1.807) is 12.1 Å². The van der Waals surface area contributed by atoms with Crippen LogP contribution in [0.4, 0.5) is 10.1 Å². The first-order valence-electron chi connectivity index (χ1n) is 6.98. The molecule has 0 spiro atoms. The Morgan fingerprint density at radius 2 is 2.00 bits per heavy atom. The van der Waals surface area contributed by atoms with Crippen LogP contribution in [0.3, 0.4) is 0 Å². The third kappa shape index (κ3) is 4.18. The fourth-order valence-corrected chi connectivity index (χ4v) is 1.85. The number of ether oxygens (including phenoxy) is 1. The number of rotatable bonds is 6. The van der Waals surface area contributed by atoms with Gasteiger partial charge in [0, 0.05) is 11.9 Å². The predicted molar refractivity (Wildman–Crippen MR) is 81.5 cm³/mol. The van der Waals surface area contributed by atoms with Gasteiger partial charge in [0.2, 0.25) is 5.91 Å². The average molecular weight is 304 g/mol. The van der Waals surface area contributed by atoms with Crippen LogP contribution in [-0.4, -0.2) is 17.1 Å². The Labute approximate surface area is 127 Å². The first-order chi connectivity index (χ1) is 10.6. The van der Waals surface area contributed by atoms with Crippen LogP contribution in [0.25, 0.3) is 0 Å². The maximum absolute atomic E-state index is 12.8. The van der Waals surface area contributed by atoms with Gasteiger partial charge in [-0.2, -0.15) is 0 Å². The van der Waals surface area contributed by atoms with E-state index >= 15 is 0 Å². The van der Waals surface area contributed by atoms with Gasteiger partial charge in [-0.15, -0.1) is 0 Å². The van der Waals surface area contributed by atoms with Gasteiger partial charge < -0.3 is 14.6 Å². The summed E-state index contributed by atoms with van der Waals surface area (Å²) < 4.78 is 19.4. The summed E-state index contributed by atoms with van der Waals surface area (Å²) in [4.78, 5) is 24.1. The zero-order valence-corrected chi connectivity index (χ0v) is 12.2. The van der Waals surface area contributed by atoms with E-state index in [2.05, 4.69) is 5.32 Å². The topological polar surface area (TPSA) is 60.3 Å². The third-order valence-corrected chi connectivity index (χ3v) is 2.89.